The second kappa shape index (κ2) is 8.68. The largest absolute Gasteiger partial charge is 0.378 e. The summed E-state index contributed by atoms with van der Waals surface area (Å²) in [6, 6.07) is 4.00. The quantitative estimate of drug-likeness (QED) is 0.430. The summed E-state index contributed by atoms with van der Waals surface area (Å²) >= 11 is 0. The molecule has 35 heavy (non-hydrogen) atoms. The lowest BCUT2D eigenvalue weighted by atomic mass is 9.85. The first-order valence-corrected chi connectivity index (χ1v) is 11.8. The van der Waals surface area contributed by atoms with Crippen molar-refractivity contribution in [3.05, 3.63) is 30.2 Å². The minimum Gasteiger partial charge on any atom is -0.378 e. The predicted octanol–water partition coefficient (Wildman–Crippen LogP) is 2.26. The number of likely N-dealkylation sites (tertiary alicyclic amines) is 1. The molecule has 0 radical (unpaired) electrons. The van der Waals surface area contributed by atoms with Gasteiger partial charge in [0.25, 0.3) is 0 Å². The Balaban J connectivity index is 1.50. The molecule has 0 spiro atoms. The van der Waals surface area contributed by atoms with Crippen LogP contribution in [0.15, 0.2) is 24.7 Å². The third-order valence-electron chi connectivity index (χ3n) is 7.07. The van der Waals surface area contributed by atoms with Crippen LogP contribution in [0.1, 0.15) is 17.9 Å². The van der Waals surface area contributed by atoms with E-state index >= 15 is 4.39 Å². The van der Waals surface area contributed by atoms with Gasteiger partial charge in [-0.15, -0.1) is 5.10 Å². The lowest BCUT2D eigenvalue weighted by Gasteiger charge is -2.42. The Labute approximate surface area is 200 Å². The highest BCUT2D eigenvalue weighted by molar-refractivity contribution is 5.91. The van der Waals surface area contributed by atoms with Crippen LogP contribution in [-0.2, 0) is 11.3 Å². The Hall–Kier alpha value is -3.38. The molecular weight excluding hydrogens is 456 g/mol. The first kappa shape index (κ1) is 22.1. The Kier molecular flexibility index (Phi) is 5.49. The van der Waals surface area contributed by atoms with Crippen molar-refractivity contribution < 1.29 is 13.5 Å². The second-order valence-electron chi connectivity index (χ2n) is 9.08. The minimum atomic E-state index is -1.07. The van der Waals surface area contributed by atoms with E-state index in [1.807, 2.05) is 18.3 Å². The number of halogens is 2. The molecule has 0 unspecified atom stereocenters. The van der Waals surface area contributed by atoms with Crippen molar-refractivity contribution in [2.75, 3.05) is 51.1 Å². The fourth-order valence-electron chi connectivity index (χ4n) is 5.22. The van der Waals surface area contributed by atoms with Gasteiger partial charge in [-0.3, -0.25) is 4.90 Å². The molecule has 4 aromatic rings. The van der Waals surface area contributed by atoms with E-state index in [0.29, 0.717) is 60.4 Å². The van der Waals surface area contributed by atoms with E-state index in [0.717, 1.165) is 17.7 Å². The average Bonchev–Trinajstić information content (AvgIpc) is 3.38. The van der Waals surface area contributed by atoms with Crippen molar-refractivity contribution in [3.8, 4) is 11.3 Å². The monoisotopic (exact) mass is 483 g/mol. The van der Waals surface area contributed by atoms with Gasteiger partial charge in [0.2, 0.25) is 5.95 Å². The molecule has 0 aliphatic carbocycles. The molecule has 0 amide bonds. The molecule has 12 heteroatoms. The number of anilines is 2. The normalized spacial score (nSPS) is 21.6. The van der Waals surface area contributed by atoms with Crippen LogP contribution in [0.2, 0.25) is 0 Å². The van der Waals surface area contributed by atoms with Gasteiger partial charge >= 0.3 is 0 Å². The van der Waals surface area contributed by atoms with Crippen molar-refractivity contribution >= 4 is 28.4 Å². The first-order valence-electron chi connectivity index (χ1n) is 11.8. The summed E-state index contributed by atoms with van der Waals surface area (Å²) in [7, 11) is 1.75. The molecule has 2 atom stereocenters. The van der Waals surface area contributed by atoms with E-state index in [1.54, 1.807) is 22.5 Å². The molecule has 10 nitrogen and oxygen atoms in total. The number of alkyl halides is 2. The SMILES string of the molecule is CNc1nc(N)nn2cc([C@@H]3CCN(C4COC4)C[C@@H]3F)c(-c3ccc4ncn(CCF)c4n3)c12. The average molecular weight is 484 g/mol. The third kappa shape index (κ3) is 3.67. The summed E-state index contributed by atoms with van der Waals surface area (Å²) in [5.41, 5.74) is 10.0. The zero-order chi connectivity index (χ0) is 24.1. The van der Waals surface area contributed by atoms with Crippen LogP contribution in [0.5, 0.6) is 0 Å². The number of aromatic nitrogens is 6. The van der Waals surface area contributed by atoms with E-state index in [-0.39, 0.29) is 18.4 Å². The van der Waals surface area contributed by atoms with Gasteiger partial charge in [0.05, 0.1) is 37.8 Å². The van der Waals surface area contributed by atoms with E-state index in [1.165, 1.54) is 0 Å². The van der Waals surface area contributed by atoms with Crippen molar-refractivity contribution in [3.63, 3.8) is 0 Å². The molecule has 2 aliphatic heterocycles. The van der Waals surface area contributed by atoms with Gasteiger partial charge in [-0.1, -0.05) is 0 Å². The Morgan fingerprint density at radius 1 is 1.26 bits per heavy atom. The summed E-state index contributed by atoms with van der Waals surface area (Å²) in [4.78, 5) is 15.7. The van der Waals surface area contributed by atoms with Crippen LogP contribution in [0.3, 0.4) is 0 Å². The lowest BCUT2D eigenvalue weighted by Crippen LogP contribution is -2.54. The van der Waals surface area contributed by atoms with Gasteiger partial charge in [-0.2, -0.15) is 4.98 Å². The first-order chi connectivity index (χ1) is 17.1. The van der Waals surface area contributed by atoms with Crippen LogP contribution in [-0.4, -0.2) is 86.3 Å². The number of imidazole rings is 1. The van der Waals surface area contributed by atoms with Crippen LogP contribution in [0, 0.1) is 0 Å². The number of nitrogens with zero attached hydrogens (tertiary/aromatic N) is 7. The molecule has 6 heterocycles. The van der Waals surface area contributed by atoms with Gasteiger partial charge in [-0.05, 0) is 30.7 Å². The molecule has 2 fully saturated rings. The summed E-state index contributed by atoms with van der Waals surface area (Å²) in [6.45, 7) is 2.10. The van der Waals surface area contributed by atoms with Crippen molar-refractivity contribution in [1.82, 2.24) is 34.0 Å². The van der Waals surface area contributed by atoms with Crippen molar-refractivity contribution in [2.45, 2.75) is 31.1 Å². The number of nitrogen functional groups attached to an aromatic ring is 1. The summed E-state index contributed by atoms with van der Waals surface area (Å²) in [6.07, 6.45) is 3.01. The van der Waals surface area contributed by atoms with Crippen LogP contribution in [0.25, 0.3) is 27.9 Å². The molecule has 0 aromatic carbocycles. The number of fused-ring (bicyclic) bond motifs is 2. The number of pyridine rings is 1. The Bertz CT molecular complexity index is 1380. The molecular formula is C23H27F2N9O. The number of ether oxygens (including phenoxy) is 1. The number of hydrogen-bond donors (Lipinski definition) is 2. The lowest BCUT2D eigenvalue weighted by molar-refractivity contribution is -0.0806. The number of piperidine rings is 1. The number of hydrogen-bond acceptors (Lipinski definition) is 8. The fraction of sp³-hybridized carbons (Fsp3) is 0.478. The van der Waals surface area contributed by atoms with E-state index < -0.39 is 12.8 Å². The van der Waals surface area contributed by atoms with E-state index in [9.17, 15) is 4.39 Å². The standard InChI is InChI=1S/C23H27F2N9O/c1-27-21-20-19(17-2-3-18-22(29-17)33(7-5-24)12-28-18)15(8-34(20)31-23(26)30-21)14-4-6-32(9-16(14)25)13-10-35-11-13/h2-3,8,12-14,16H,4-7,9-11H2,1H3,(H3,26,27,30,31)/t14-,16-/m0/s1. The predicted molar refractivity (Wildman–Crippen MR) is 128 cm³/mol. The van der Waals surface area contributed by atoms with Crippen LogP contribution in [0.4, 0.5) is 20.5 Å². The minimum absolute atomic E-state index is 0.107. The maximum absolute atomic E-state index is 15.7. The number of rotatable bonds is 6. The smallest absolute Gasteiger partial charge is 0.240 e. The van der Waals surface area contributed by atoms with Gasteiger partial charge in [0.1, 0.15) is 23.9 Å². The van der Waals surface area contributed by atoms with Crippen molar-refractivity contribution in [2.24, 2.45) is 0 Å². The fourth-order valence-corrected chi connectivity index (χ4v) is 5.22. The molecule has 0 saturated carbocycles. The maximum atomic E-state index is 15.7. The van der Waals surface area contributed by atoms with Gasteiger partial charge < -0.3 is 20.4 Å². The number of aryl methyl sites for hydroxylation is 1. The molecule has 0 bridgehead atoms. The number of nitrogens with two attached hydrogens (primary N) is 1. The molecule has 2 aliphatic rings. The topological polar surface area (TPSA) is 111 Å². The molecule has 2 saturated heterocycles. The van der Waals surface area contributed by atoms with E-state index in [2.05, 4.69) is 25.3 Å². The molecule has 6 rings (SSSR count). The number of nitrogens with one attached hydrogen (secondary N) is 1. The highest BCUT2D eigenvalue weighted by atomic mass is 19.1. The summed E-state index contributed by atoms with van der Waals surface area (Å²) in [5.74, 6) is 0.288. The second-order valence-corrected chi connectivity index (χ2v) is 9.08. The zero-order valence-electron chi connectivity index (χ0n) is 19.4. The zero-order valence-corrected chi connectivity index (χ0v) is 19.4. The van der Waals surface area contributed by atoms with Gasteiger partial charge in [0, 0.05) is 31.3 Å². The third-order valence-corrected chi connectivity index (χ3v) is 7.07. The van der Waals surface area contributed by atoms with Crippen LogP contribution < -0.4 is 11.1 Å². The van der Waals surface area contributed by atoms with E-state index in [4.69, 9.17) is 15.5 Å². The van der Waals surface area contributed by atoms with Crippen LogP contribution >= 0.6 is 0 Å². The summed E-state index contributed by atoms with van der Waals surface area (Å²) in [5, 5.41) is 7.46. The van der Waals surface area contributed by atoms with Gasteiger partial charge in [-0.25, -0.2) is 23.3 Å². The molecule has 3 N–H and O–H groups in total. The summed E-state index contributed by atoms with van der Waals surface area (Å²) < 4.78 is 37.5. The Morgan fingerprint density at radius 2 is 2.11 bits per heavy atom. The van der Waals surface area contributed by atoms with Crippen molar-refractivity contribution in [1.29, 1.82) is 0 Å². The molecule has 4 aromatic heterocycles. The highest BCUT2D eigenvalue weighted by Crippen LogP contribution is 2.42. The van der Waals surface area contributed by atoms with Gasteiger partial charge in [0.15, 0.2) is 11.5 Å². The highest BCUT2D eigenvalue weighted by Gasteiger charge is 2.38. The molecule has 184 valence electrons. The Morgan fingerprint density at radius 3 is 2.83 bits per heavy atom. The maximum Gasteiger partial charge on any atom is 0.240 e.